The molecule has 1 aromatic rings. The lowest BCUT2D eigenvalue weighted by Crippen LogP contribution is -1.91. The van der Waals surface area contributed by atoms with Crippen LogP contribution >= 0.6 is 0 Å². The van der Waals surface area contributed by atoms with Gasteiger partial charge in [-0.2, -0.15) is 0 Å². The minimum atomic E-state index is 0.498. The van der Waals surface area contributed by atoms with E-state index in [9.17, 15) is 0 Å². The van der Waals surface area contributed by atoms with E-state index in [0.29, 0.717) is 11.4 Å². The fraction of sp³-hybridized carbons (Fsp3) is 0.167. The topological polar surface area (TPSA) is 48.1 Å². The molecule has 0 spiro atoms. The Bertz CT molecular complexity index is 200. The first-order chi connectivity index (χ1) is 4.34. The molecule has 0 bridgehead atoms. The molecule has 0 aliphatic carbocycles. The van der Waals surface area contributed by atoms with Gasteiger partial charge in [-0.3, -0.25) is 4.98 Å². The van der Waals surface area contributed by atoms with Crippen LogP contribution < -0.4 is 10.5 Å². The maximum absolute atomic E-state index is 5.43. The third-order valence-corrected chi connectivity index (χ3v) is 0.961. The Labute approximate surface area is 53.5 Å². The minimum absolute atomic E-state index is 0.498. The highest BCUT2D eigenvalue weighted by Crippen LogP contribution is 2.15. The fourth-order valence-electron chi connectivity index (χ4n) is 0.517. The Hall–Kier alpha value is -1.25. The summed E-state index contributed by atoms with van der Waals surface area (Å²) in [4.78, 5) is 3.69. The van der Waals surface area contributed by atoms with E-state index in [0.717, 1.165) is 0 Å². The van der Waals surface area contributed by atoms with Crippen LogP contribution in [0.2, 0.25) is 0 Å². The monoisotopic (exact) mass is 123 g/mol. The molecular formula is C6H7N2O. The minimum Gasteiger partial charge on any atom is -0.492 e. The summed E-state index contributed by atoms with van der Waals surface area (Å²) < 4.78 is 4.80. The van der Waals surface area contributed by atoms with Gasteiger partial charge in [0.1, 0.15) is 6.20 Å². The maximum Gasteiger partial charge on any atom is 0.169 e. The number of pyridine rings is 1. The Morgan fingerprint density at radius 2 is 2.56 bits per heavy atom. The van der Waals surface area contributed by atoms with Crippen molar-refractivity contribution in [1.82, 2.24) is 4.98 Å². The van der Waals surface area contributed by atoms with Crippen molar-refractivity contribution in [3.8, 4) is 5.75 Å². The second-order valence-electron chi connectivity index (χ2n) is 1.55. The van der Waals surface area contributed by atoms with Gasteiger partial charge in [0.25, 0.3) is 0 Å². The largest absolute Gasteiger partial charge is 0.492 e. The first-order valence-corrected chi connectivity index (χ1v) is 2.50. The van der Waals surface area contributed by atoms with Gasteiger partial charge in [-0.15, -0.1) is 0 Å². The highest BCUT2D eigenvalue weighted by atomic mass is 16.5. The molecule has 0 aliphatic rings. The summed E-state index contributed by atoms with van der Waals surface area (Å²) >= 11 is 0. The van der Waals surface area contributed by atoms with Crippen LogP contribution in [0, 0.1) is 6.20 Å². The van der Waals surface area contributed by atoms with Gasteiger partial charge in [-0.05, 0) is 6.07 Å². The number of hydrogen-bond acceptors (Lipinski definition) is 3. The molecule has 0 atom stereocenters. The van der Waals surface area contributed by atoms with Gasteiger partial charge in [0, 0.05) is 6.20 Å². The smallest absolute Gasteiger partial charge is 0.169 e. The zero-order valence-electron chi connectivity index (χ0n) is 5.09. The van der Waals surface area contributed by atoms with E-state index in [2.05, 4.69) is 11.2 Å². The van der Waals surface area contributed by atoms with E-state index >= 15 is 0 Å². The third-order valence-electron chi connectivity index (χ3n) is 0.961. The van der Waals surface area contributed by atoms with Crippen molar-refractivity contribution >= 4 is 5.69 Å². The van der Waals surface area contributed by atoms with Crippen LogP contribution in [0.1, 0.15) is 0 Å². The number of nitrogen functional groups attached to an aromatic ring is 1. The molecule has 0 fully saturated rings. The second kappa shape index (κ2) is 2.35. The van der Waals surface area contributed by atoms with Crippen molar-refractivity contribution in [3.63, 3.8) is 0 Å². The first kappa shape index (κ1) is 5.88. The van der Waals surface area contributed by atoms with Crippen LogP contribution in [0.5, 0.6) is 5.75 Å². The molecule has 0 aromatic carbocycles. The van der Waals surface area contributed by atoms with Crippen LogP contribution in [-0.2, 0) is 0 Å². The van der Waals surface area contributed by atoms with Gasteiger partial charge in [-0.25, -0.2) is 0 Å². The van der Waals surface area contributed by atoms with Crippen molar-refractivity contribution in [1.29, 1.82) is 0 Å². The van der Waals surface area contributed by atoms with E-state index < -0.39 is 0 Å². The normalized spacial score (nSPS) is 9.00. The van der Waals surface area contributed by atoms with Crippen LogP contribution in [-0.4, -0.2) is 12.1 Å². The van der Waals surface area contributed by atoms with Crippen LogP contribution in [0.25, 0.3) is 0 Å². The van der Waals surface area contributed by atoms with E-state index in [1.165, 1.54) is 7.11 Å². The number of nitrogens with zero attached hydrogens (tertiary/aromatic N) is 1. The maximum atomic E-state index is 5.43. The second-order valence-corrected chi connectivity index (χ2v) is 1.55. The number of hydrogen-bond donors (Lipinski definition) is 1. The van der Waals surface area contributed by atoms with Gasteiger partial charge < -0.3 is 10.5 Å². The number of methoxy groups -OCH3 is 1. The molecule has 3 heteroatoms. The van der Waals surface area contributed by atoms with Crippen LogP contribution in [0.4, 0.5) is 5.69 Å². The van der Waals surface area contributed by atoms with Crippen molar-refractivity contribution in [2.45, 2.75) is 0 Å². The zero-order valence-corrected chi connectivity index (χ0v) is 5.09. The molecule has 1 aromatic heterocycles. The van der Waals surface area contributed by atoms with Crippen molar-refractivity contribution in [2.75, 3.05) is 12.8 Å². The lowest BCUT2D eigenvalue weighted by molar-refractivity contribution is 0.414. The molecule has 1 heterocycles. The number of anilines is 1. The molecule has 0 aliphatic heterocycles. The van der Waals surface area contributed by atoms with E-state index in [1.54, 1.807) is 12.3 Å². The zero-order chi connectivity index (χ0) is 6.69. The summed E-state index contributed by atoms with van der Waals surface area (Å²) in [6.45, 7) is 0. The molecule has 1 rings (SSSR count). The molecular weight excluding hydrogens is 116 g/mol. The first-order valence-electron chi connectivity index (χ1n) is 2.50. The lowest BCUT2D eigenvalue weighted by Gasteiger charge is -1.98. The Balaban J connectivity index is 3.01. The number of rotatable bonds is 1. The van der Waals surface area contributed by atoms with Gasteiger partial charge in [0.05, 0.1) is 12.8 Å². The Morgan fingerprint density at radius 3 is 3.00 bits per heavy atom. The third kappa shape index (κ3) is 1.10. The predicted molar refractivity (Wildman–Crippen MR) is 34.0 cm³/mol. The Morgan fingerprint density at radius 1 is 1.78 bits per heavy atom. The molecule has 0 amide bonds. The Kier molecular flexibility index (Phi) is 1.53. The summed E-state index contributed by atoms with van der Waals surface area (Å²) in [7, 11) is 1.53. The number of aromatic nitrogens is 1. The van der Waals surface area contributed by atoms with E-state index in [1.807, 2.05) is 0 Å². The van der Waals surface area contributed by atoms with Gasteiger partial charge in [0.2, 0.25) is 0 Å². The molecule has 9 heavy (non-hydrogen) atoms. The molecule has 47 valence electrons. The molecule has 2 N–H and O–H groups in total. The number of nitrogens with two attached hydrogens (primary N) is 1. The highest BCUT2D eigenvalue weighted by Gasteiger charge is 1.94. The highest BCUT2D eigenvalue weighted by molar-refractivity contribution is 5.48. The predicted octanol–water partition coefficient (Wildman–Crippen LogP) is 0.473. The lowest BCUT2D eigenvalue weighted by atomic mass is 10.4. The summed E-state index contributed by atoms with van der Waals surface area (Å²) in [6, 6.07) is 1.66. The quantitative estimate of drug-likeness (QED) is 0.590. The van der Waals surface area contributed by atoms with Crippen LogP contribution in [0.3, 0.4) is 0 Å². The molecule has 1 radical (unpaired) electrons. The number of ether oxygens (including phenoxy) is 1. The van der Waals surface area contributed by atoms with E-state index in [4.69, 9.17) is 10.5 Å². The summed E-state index contributed by atoms with van der Waals surface area (Å²) in [5.41, 5.74) is 6.00. The van der Waals surface area contributed by atoms with Crippen molar-refractivity contribution in [2.24, 2.45) is 0 Å². The van der Waals surface area contributed by atoms with Gasteiger partial charge in [-0.1, -0.05) is 0 Å². The summed E-state index contributed by atoms with van der Waals surface area (Å²) in [5, 5.41) is 0. The molecule has 0 unspecified atom stereocenters. The van der Waals surface area contributed by atoms with Gasteiger partial charge >= 0.3 is 0 Å². The average Bonchev–Trinajstić information content (AvgIpc) is 1.89. The summed E-state index contributed by atoms with van der Waals surface area (Å²) in [6.07, 6.45) is 4.16. The SMILES string of the molecule is COc1[c]nccc1N. The molecule has 0 saturated carbocycles. The van der Waals surface area contributed by atoms with Gasteiger partial charge in [0.15, 0.2) is 5.75 Å². The molecule has 0 saturated heterocycles. The van der Waals surface area contributed by atoms with Crippen LogP contribution in [0.15, 0.2) is 12.3 Å². The average molecular weight is 123 g/mol. The standard InChI is InChI=1S/C6H7N2O/c1-9-6-4-8-3-2-5(6)7/h2-3H,1H3,(H2,7,8). The fourth-order valence-corrected chi connectivity index (χ4v) is 0.517. The van der Waals surface area contributed by atoms with Crippen molar-refractivity contribution < 1.29 is 4.74 Å². The van der Waals surface area contributed by atoms with E-state index in [-0.39, 0.29) is 0 Å². The molecule has 3 nitrogen and oxygen atoms in total. The summed E-state index contributed by atoms with van der Waals surface area (Å²) in [5.74, 6) is 0.498. The van der Waals surface area contributed by atoms with Crippen molar-refractivity contribution in [3.05, 3.63) is 18.5 Å².